The lowest BCUT2D eigenvalue weighted by atomic mass is 9.76. The molecule has 0 heterocycles. The minimum absolute atomic E-state index is 0.0432. The van der Waals surface area contributed by atoms with Gasteiger partial charge in [0.05, 0.1) is 0 Å². The average molecular weight is 235 g/mol. The van der Waals surface area contributed by atoms with Crippen LogP contribution in [-0.4, -0.2) is 13.6 Å². The first kappa shape index (κ1) is 12.6. The standard InChI is InChI=1S/C15H22FN/c1-17-11-14(12-7-3-2-4-8-12)13-9-5-6-10-15(13)16/h5-6,9-10,12,14,17H,2-4,7-8,11H2,1H3. The maximum Gasteiger partial charge on any atom is 0.126 e. The van der Waals surface area contributed by atoms with Crippen molar-refractivity contribution in [2.24, 2.45) is 5.92 Å². The minimum Gasteiger partial charge on any atom is -0.319 e. The van der Waals surface area contributed by atoms with Gasteiger partial charge in [-0.05, 0) is 37.4 Å². The first-order chi connectivity index (χ1) is 8.33. The molecule has 94 valence electrons. The highest BCUT2D eigenvalue weighted by molar-refractivity contribution is 5.23. The van der Waals surface area contributed by atoms with Crippen LogP contribution in [0.25, 0.3) is 0 Å². The van der Waals surface area contributed by atoms with E-state index in [2.05, 4.69) is 5.32 Å². The van der Waals surface area contributed by atoms with E-state index < -0.39 is 0 Å². The number of rotatable bonds is 4. The van der Waals surface area contributed by atoms with Crippen molar-refractivity contribution in [2.45, 2.75) is 38.0 Å². The first-order valence-electron chi connectivity index (χ1n) is 6.72. The highest BCUT2D eigenvalue weighted by Crippen LogP contribution is 2.36. The Morgan fingerprint density at radius 2 is 1.94 bits per heavy atom. The summed E-state index contributed by atoms with van der Waals surface area (Å²) in [5.74, 6) is 0.938. The Morgan fingerprint density at radius 1 is 1.24 bits per heavy atom. The number of hydrogen-bond donors (Lipinski definition) is 1. The van der Waals surface area contributed by atoms with Crippen molar-refractivity contribution < 1.29 is 4.39 Å². The van der Waals surface area contributed by atoms with Crippen LogP contribution in [0.1, 0.15) is 43.6 Å². The Labute approximate surface area is 103 Å². The summed E-state index contributed by atoms with van der Waals surface area (Å²) in [5.41, 5.74) is 0.897. The van der Waals surface area contributed by atoms with Crippen LogP contribution < -0.4 is 5.32 Å². The van der Waals surface area contributed by atoms with E-state index in [1.165, 1.54) is 32.1 Å². The molecule has 0 aliphatic heterocycles. The highest BCUT2D eigenvalue weighted by atomic mass is 19.1. The molecule has 2 heteroatoms. The topological polar surface area (TPSA) is 12.0 Å². The molecule has 1 unspecified atom stereocenters. The van der Waals surface area contributed by atoms with Gasteiger partial charge in [-0.25, -0.2) is 4.39 Å². The molecule has 0 radical (unpaired) electrons. The second kappa shape index (κ2) is 6.15. The van der Waals surface area contributed by atoms with E-state index in [-0.39, 0.29) is 5.82 Å². The zero-order chi connectivity index (χ0) is 12.1. The van der Waals surface area contributed by atoms with Gasteiger partial charge in [0, 0.05) is 12.5 Å². The fourth-order valence-electron chi connectivity index (χ4n) is 3.06. The zero-order valence-electron chi connectivity index (χ0n) is 10.6. The highest BCUT2D eigenvalue weighted by Gasteiger charge is 2.26. The van der Waals surface area contributed by atoms with Crippen LogP contribution in [0.15, 0.2) is 24.3 Å². The molecule has 1 atom stereocenters. The van der Waals surface area contributed by atoms with Gasteiger partial charge in [0.2, 0.25) is 0 Å². The number of halogens is 1. The summed E-state index contributed by atoms with van der Waals surface area (Å²) < 4.78 is 13.9. The van der Waals surface area contributed by atoms with Gasteiger partial charge in [-0.3, -0.25) is 0 Å². The molecule has 1 nitrogen and oxygen atoms in total. The smallest absolute Gasteiger partial charge is 0.126 e. The van der Waals surface area contributed by atoms with Crippen molar-refractivity contribution >= 4 is 0 Å². The van der Waals surface area contributed by atoms with Crippen LogP contribution in [0.3, 0.4) is 0 Å². The molecule has 1 aliphatic carbocycles. The van der Waals surface area contributed by atoms with Crippen LogP contribution in [0, 0.1) is 11.7 Å². The Morgan fingerprint density at radius 3 is 2.59 bits per heavy atom. The maximum absolute atomic E-state index is 13.9. The molecule has 1 N–H and O–H groups in total. The molecule has 0 spiro atoms. The summed E-state index contributed by atoms with van der Waals surface area (Å²) >= 11 is 0. The summed E-state index contributed by atoms with van der Waals surface area (Å²) in [5, 5.41) is 3.22. The molecule has 0 amide bonds. The molecule has 1 aromatic rings. The second-order valence-electron chi connectivity index (χ2n) is 5.08. The maximum atomic E-state index is 13.9. The largest absolute Gasteiger partial charge is 0.319 e. The molecule has 0 bridgehead atoms. The molecular weight excluding hydrogens is 213 g/mol. The molecule has 2 rings (SSSR count). The van der Waals surface area contributed by atoms with Gasteiger partial charge in [0.15, 0.2) is 0 Å². The van der Waals surface area contributed by atoms with Crippen molar-refractivity contribution in [3.63, 3.8) is 0 Å². The van der Waals surface area contributed by atoms with E-state index in [0.29, 0.717) is 11.8 Å². The number of hydrogen-bond acceptors (Lipinski definition) is 1. The Bertz CT molecular complexity index is 345. The SMILES string of the molecule is CNCC(c1ccccc1F)C1CCCCC1. The molecule has 1 aromatic carbocycles. The summed E-state index contributed by atoms with van der Waals surface area (Å²) in [6, 6.07) is 7.26. The van der Waals surface area contributed by atoms with E-state index in [9.17, 15) is 4.39 Å². The lowest BCUT2D eigenvalue weighted by molar-refractivity contribution is 0.295. The monoisotopic (exact) mass is 235 g/mol. The van der Waals surface area contributed by atoms with E-state index in [1.54, 1.807) is 12.1 Å². The van der Waals surface area contributed by atoms with E-state index in [0.717, 1.165) is 12.1 Å². The molecule has 0 saturated heterocycles. The van der Waals surface area contributed by atoms with Gasteiger partial charge in [-0.2, -0.15) is 0 Å². The average Bonchev–Trinajstić information content (AvgIpc) is 2.38. The number of benzene rings is 1. The Balaban J connectivity index is 2.18. The molecule has 1 aliphatic rings. The van der Waals surface area contributed by atoms with Crippen molar-refractivity contribution in [2.75, 3.05) is 13.6 Å². The number of nitrogens with one attached hydrogen (secondary N) is 1. The van der Waals surface area contributed by atoms with E-state index in [4.69, 9.17) is 0 Å². The van der Waals surface area contributed by atoms with Crippen molar-refractivity contribution in [3.8, 4) is 0 Å². The van der Waals surface area contributed by atoms with Crippen LogP contribution in [0.2, 0.25) is 0 Å². The van der Waals surface area contributed by atoms with Gasteiger partial charge in [-0.1, -0.05) is 37.5 Å². The third-order valence-electron chi connectivity index (χ3n) is 3.95. The fourth-order valence-corrected chi connectivity index (χ4v) is 3.06. The van der Waals surface area contributed by atoms with Crippen LogP contribution in [0.5, 0.6) is 0 Å². The lowest BCUT2D eigenvalue weighted by Crippen LogP contribution is -2.26. The summed E-state index contributed by atoms with van der Waals surface area (Å²) in [6.07, 6.45) is 6.46. The molecular formula is C15H22FN. The second-order valence-corrected chi connectivity index (χ2v) is 5.08. The van der Waals surface area contributed by atoms with Crippen molar-refractivity contribution in [1.82, 2.24) is 5.32 Å². The summed E-state index contributed by atoms with van der Waals surface area (Å²) in [6.45, 7) is 0.881. The third kappa shape index (κ3) is 3.06. The third-order valence-corrected chi connectivity index (χ3v) is 3.95. The van der Waals surface area contributed by atoms with E-state index in [1.807, 2.05) is 19.2 Å². The normalized spacial score (nSPS) is 19.2. The van der Waals surface area contributed by atoms with Gasteiger partial charge in [0.1, 0.15) is 5.82 Å². The zero-order valence-corrected chi connectivity index (χ0v) is 10.6. The van der Waals surface area contributed by atoms with Gasteiger partial charge in [-0.15, -0.1) is 0 Å². The van der Waals surface area contributed by atoms with Gasteiger partial charge >= 0.3 is 0 Å². The van der Waals surface area contributed by atoms with Crippen LogP contribution in [-0.2, 0) is 0 Å². The minimum atomic E-state index is -0.0432. The molecule has 1 fully saturated rings. The molecule has 1 saturated carbocycles. The Kier molecular flexibility index (Phi) is 4.55. The summed E-state index contributed by atoms with van der Waals surface area (Å²) in [7, 11) is 1.96. The van der Waals surface area contributed by atoms with Crippen molar-refractivity contribution in [3.05, 3.63) is 35.6 Å². The fraction of sp³-hybridized carbons (Fsp3) is 0.600. The number of likely N-dealkylation sites (N-methyl/N-ethyl adjacent to an activating group) is 1. The van der Waals surface area contributed by atoms with Crippen LogP contribution >= 0.6 is 0 Å². The van der Waals surface area contributed by atoms with E-state index >= 15 is 0 Å². The van der Waals surface area contributed by atoms with Gasteiger partial charge < -0.3 is 5.32 Å². The quantitative estimate of drug-likeness (QED) is 0.839. The first-order valence-corrected chi connectivity index (χ1v) is 6.72. The Hall–Kier alpha value is -0.890. The van der Waals surface area contributed by atoms with Crippen LogP contribution in [0.4, 0.5) is 4.39 Å². The van der Waals surface area contributed by atoms with Crippen molar-refractivity contribution in [1.29, 1.82) is 0 Å². The predicted molar refractivity (Wildman–Crippen MR) is 69.6 cm³/mol. The van der Waals surface area contributed by atoms with Gasteiger partial charge in [0.25, 0.3) is 0 Å². The predicted octanol–water partition coefficient (Wildman–Crippen LogP) is 3.71. The summed E-state index contributed by atoms with van der Waals surface area (Å²) in [4.78, 5) is 0. The lowest BCUT2D eigenvalue weighted by Gasteiger charge is -2.30. The molecule has 17 heavy (non-hydrogen) atoms. The molecule has 0 aromatic heterocycles.